The average molecular weight is 404 g/mol. The highest BCUT2D eigenvalue weighted by Crippen LogP contribution is 2.24. The molecule has 0 fully saturated rings. The van der Waals surface area contributed by atoms with Crippen LogP contribution in [0.2, 0.25) is 0 Å². The van der Waals surface area contributed by atoms with E-state index in [0.717, 1.165) is 5.56 Å². The van der Waals surface area contributed by atoms with Crippen LogP contribution in [-0.4, -0.2) is 22.3 Å². The first-order chi connectivity index (χ1) is 14.5. The van der Waals surface area contributed by atoms with E-state index in [1.165, 1.54) is 47.5 Å². The number of halogens is 2. The predicted molar refractivity (Wildman–Crippen MR) is 110 cm³/mol. The molecule has 1 heterocycles. The lowest BCUT2D eigenvalue weighted by Gasteiger charge is -2.18. The van der Waals surface area contributed by atoms with Gasteiger partial charge in [-0.15, -0.1) is 6.42 Å². The Labute approximate surface area is 173 Å². The molecule has 3 rings (SSSR count). The lowest BCUT2D eigenvalue weighted by atomic mass is 10.1. The van der Waals surface area contributed by atoms with Crippen LogP contribution in [-0.2, 0) is 11.3 Å². The standard InChI is InChI=1S/C24H18F2N2O2/c1-2-14-28(17-19-5-9-20(25)10-6-19)24(29)12-8-18-7-11-23(22(26)15-18)30-21-4-3-13-27-16-21/h1,3-13,15-16H,14,17H2/b12-8+. The number of terminal acetylenes is 1. The third kappa shape index (κ3) is 5.76. The number of carbonyl (C=O) groups is 1. The van der Waals surface area contributed by atoms with Gasteiger partial charge in [0.15, 0.2) is 11.6 Å². The summed E-state index contributed by atoms with van der Waals surface area (Å²) in [5, 5.41) is 0. The summed E-state index contributed by atoms with van der Waals surface area (Å²) in [6.07, 6.45) is 11.2. The molecule has 0 radical (unpaired) electrons. The fourth-order valence-electron chi connectivity index (χ4n) is 2.64. The Morgan fingerprint density at radius 2 is 1.97 bits per heavy atom. The molecule has 0 atom stereocenters. The van der Waals surface area contributed by atoms with Gasteiger partial charge in [-0.25, -0.2) is 8.78 Å². The first-order valence-corrected chi connectivity index (χ1v) is 9.07. The van der Waals surface area contributed by atoms with Crippen LogP contribution in [0, 0.1) is 24.0 Å². The van der Waals surface area contributed by atoms with Gasteiger partial charge in [0, 0.05) is 18.8 Å². The van der Waals surface area contributed by atoms with Gasteiger partial charge in [0.2, 0.25) is 5.91 Å². The van der Waals surface area contributed by atoms with Gasteiger partial charge in [0.25, 0.3) is 0 Å². The zero-order valence-corrected chi connectivity index (χ0v) is 16.0. The summed E-state index contributed by atoms with van der Waals surface area (Å²) in [6, 6.07) is 13.5. The first-order valence-electron chi connectivity index (χ1n) is 9.07. The monoisotopic (exact) mass is 404 g/mol. The lowest BCUT2D eigenvalue weighted by molar-refractivity contribution is -0.125. The van der Waals surface area contributed by atoms with Gasteiger partial charge in [-0.1, -0.05) is 24.1 Å². The Hall–Kier alpha value is -3.98. The van der Waals surface area contributed by atoms with Crippen LogP contribution in [0.1, 0.15) is 11.1 Å². The molecule has 0 saturated carbocycles. The van der Waals surface area contributed by atoms with Crippen molar-refractivity contribution in [2.45, 2.75) is 6.54 Å². The summed E-state index contributed by atoms with van der Waals surface area (Å²) in [5.41, 5.74) is 1.23. The summed E-state index contributed by atoms with van der Waals surface area (Å²) >= 11 is 0. The number of amides is 1. The van der Waals surface area contributed by atoms with E-state index in [1.54, 1.807) is 36.5 Å². The van der Waals surface area contributed by atoms with Gasteiger partial charge in [-0.2, -0.15) is 0 Å². The predicted octanol–water partition coefficient (Wildman–Crippen LogP) is 4.83. The molecule has 1 amide bonds. The van der Waals surface area contributed by atoms with Crippen LogP contribution in [0.4, 0.5) is 8.78 Å². The molecular weight excluding hydrogens is 386 g/mol. The second-order valence-corrected chi connectivity index (χ2v) is 6.34. The Bertz CT molecular complexity index is 1070. The van der Waals surface area contributed by atoms with Crippen LogP contribution >= 0.6 is 0 Å². The maximum Gasteiger partial charge on any atom is 0.247 e. The molecule has 0 unspecified atom stereocenters. The van der Waals surface area contributed by atoms with E-state index >= 15 is 0 Å². The van der Waals surface area contributed by atoms with Gasteiger partial charge in [0.1, 0.15) is 11.6 Å². The van der Waals surface area contributed by atoms with E-state index in [4.69, 9.17) is 11.2 Å². The fourth-order valence-corrected chi connectivity index (χ4v) is 2.64. The Morgan fingerprint density at radius 1 is 1.17 bits per heavy atom. The highest BCUT2D eigenvalue weighted by Gasteiger charge is 2.11. The van der Waals surface area contributed by atoms with Crippen LogP contribution in [0.15, 0.2) is 73.1 Å². The molecule has 0 bridgehead atoms. The van der Waals surface area contributed by atoms with E-state index in [-0.39, 0.29) is 30.6 Å². The molecule has 150 valence electrons. The number of aromatic nitrogens is 1. The number of pyridine rings is 1. The number of nitrogens with zero attached hydrogens (tertiary/aromatic N) is 2. The SMILES string of the molecule is C#CCN(Cc1ccc(F)cc1)C(=O)/C=C/c1ccc(Oc2cccnc2)c(F)c1. The van der Waals surface area contributed by atoms with Crippen LogP contribution in [0.3, 0.4) is 0 Å². The molecule has 30 heavy (non-hydrogen) atoms. The van der Waals surface area contributed by atoms with Gasteiger partial charge in [-0.3, -0.25) is 9.78 Å². The molecule has 0 N–H and O–H groups in total. The molecule has 0 saturated heterocycles. The zero-order chi connectivity index (χ0) is 21.3. The third-order valence-electron chi connectivity index (χ3n) is 4.12. The van der Waals surface area contributed by atoms with Gasteiger partial charge < -0.3 is 9.64 Å². The van der Waals surface area contributed by atoms with Gasteiger partial charge >= 0.3 is 0 Å². The largest absolute Gasteiger partial charge is 0.453 e. The Balaban J connectivity index is 1.68. The Morgan fingerprint density at radius 3 is 2.63 bits per heavy atom. The molecule has 1 aromatic heterocycles. The highest BCUT2D eigenvalue weighted by molar-refractivity contribution is 5.92. The van der Waals surface area contributed by atoms with E-state index in [2.05, 4.69) is 10.9 Å². The number of benzene rings is 2. The minimum atomic E-state index is -0.569. The van der Waals surface area contributed by atoms with Crippen molar-refractivity contribution in [2.24, 2.45) is 0 Å². The number of rotatable bonds is 7. The summed E-state index contributed by atoms with van der Waals surface area (Å²) in [4.78, 5) is 17.9. The minimum absolute atomic E-state index is 0.0525. The van der Waals surface area contributed by atoms with Crippen molar-refractivity contribution in [1.29, 1.82) is 0 Å². The molecule has 0 aliphatic rings. The molecule has 4 nitrogen and oxygen atoms in total. The first kappa shape index (κ1) is 20.7. The van der Waals surface area contributed by atoms with Crippen molar-refractivity contribution in [1.82, 2.24) is 9.88 Å². The number of hydrogen-bond acceptors (Lipinski definition) is 3. The summed E-state index contributed by atoms with van der Waals surface area (Å²) < 4.78 is 32.8. The molecular formula is C24H18F2N2O2. The number of ether oxygens (including phenoxy) is 1. The number of carbonyl (C=O) groups excluding carboxylic acids is 1. The van der Waals surface area contributed by atoms with Crippen molar-refractivity contribution < 1.29 is 18.3 Å². The second kappa shape index (κ2) is 9.99. The van der Waals surface area contributed by atoms with E-state index < -0.39 is 5.82 Å². The molecule has 0 spiro atoms. The fraction of sp³-hybridized carbons (Fsp3) is 0.0833. The van der Waals surface area contributed by atoms with Crippen molar-refractivity contribution in [2.75, 3.05) is 6.54 Å². The summed E-state index contributed by atoms with van der Waals surface area (Å²) in [6.45, 7) is 0.326. The van der Waals surface area contributed by atoms with E-state index in [0.29, 0.717) is 11.3 Å². The summed E-state index contributed by atoms with van der Waals surface area (Å²) in [5.74, 6) is 1.64. The van der Waals surface area contributed by atoms with Crippen LogP contribution < -0.4 is 4.74 Å². The molecule has 0 aliphatic carbocycles. The van der Waals surface area contributed by atoms with Crippen LogP contribution in [0.25, 0.3) is 6.08 Å². The number of hydrogen-bond donors (Lipinski definition) is 0. The maximum absolute atomic E-state index is 14.3. The highest BCUT2D eigenvalue weighted by atomic mass is 19.1. The topological polar surface area (TPSA) is 42.4 Å². The van der Waals surface area contributed by atoms with Crippen molar-refractivity contribution in [3.05, 3.63) is 95.8 Å². The molecule has 6 heteroatoms. The molecule has 0 aliphatic heterocycles. The Kier molecular flexibility index (Phi) is 6.91. The molecule has 2 aromatic carbocycles. The van der Waals surface area contributed by atoms with Crippen LogP contribution in [0.5, 0.6) is 11.5 Å². The van der Waals surface area contributed by atoms with Crippen molar-refractivity contribution >= 4 is 12.0 Å². The maximum atomic E-state index is 14.3. The van der Waals surface area contributed by atoms with Gasteiger partial charge in [0.05, 0.1) is 12.7 Å². The second-order valence-electron chi connectivity index (χ2n) is 6.34. The van der Waals surface area contributed by atoms with E-state index in [1.807, 2.05) is 0 Å². The smallest absolute Gasteiger partial charge is 0.247 e. The zero-order valence-electron chi connectivity index (χ0n) is 16.0. The summed E-state index contributed by atoms with van der Waals surface area (Å²) in [7, 11) is 0. The van der Waals surface area contributed by atoms with Crippen molar-refractivity contribution in [3.8, 4) is 23.8 Å². The minimum Gasteiger partial charge on any atom is -0.453 e. The quantitative estimate of drug-likeness (QED) is 0.419. The van der Waals surface area contributed by atoms with Crippen molar-refractivity contribution in [3.63, 3.8) is 0 Å². The normalized spacial score (nSPS) is 10.6. The third-order valence-corrected chi connectivity index (χ3v) is 4.12. The van der Waals surface area contributed by atoms with Gasteiger partial charge in [-0.05, 0) is 53.6 Å². The average Bonchev–Trinajstić information content (AvgIpc) is 2.75. The lowest BCUT2D eigenvalue weighted by Crippen LogP contribution is -2.29. The molecule has 3 aromatic rings. The van der Waals surface area contributed by atoms with E-state index in [9.17, 15) is 13.6 Å².